The van der Waals surface area contributed by atoms with E-state index in [1.807, 2.05) is 0 Å². The van der Waals surface area contributed by atoms with Crippen molar-refractivity contribution < 1.29 is 0 Å². The zero-order valence-corrected chi connectivity index (χ0v) is 13.0. The Hall–Kier alpha value is -0.260. The number of rotatable bonds is 9. The highest BCUT2D eigenvalue weighted by molar-refractivity contribution is 4.89. The predicted octanol–water partition coefficient (Wildman–Crippen LogP) is 6.08. The normalized spacial score (nSPS) is 16.0. The van der Waals surface area contributed by atoms with Crippen LogP contribution in [0.1, 0.15) is 73.6 Å². The molecule has 0 spiro atoms. The molecule has 0 heteroatoms. The van der Waals surface area contributed by atoms with Crippen molar-refractivity contribution in [3.63, 3.8) is 0 Å². The third-order valence-corrected chi connectivity index (χ3v) is 3.63. The number of hydrogen-bond donors (Lipinski definition) is 0. The lowest BCUT2D eigenvalue weighted by molar-refractivity contribution is 0.331. The summed E-state index contributed by atoms with van der Waals surface area (Å²) in [6.07, 6.45) is 11.5. The summed E-state index contributed by atoms with van der Waals surface area (Å²) < 4.78 is 0. The van der Waals surface area contributed by atoms with Gasteiger partial charge in [0, 0.05) is 0 Å². The Morgan fingerprint density at radius 3 is 2.06 bits per heavy atom. The van der Waals surface area contributed by atoms with E-state index in [0.29, 0.717) is 0 Å². The Balaban J connectivity index is 3.87. The van der Waals surface area contributed by atoms with Gasteiger partial charge in [-0.2, -0.15) is 0 Å². The van der Waals surface area contributed by atoms with Crippen molar-refractivity contribution in [1.29, 1.82) is 0 Å². The molecule has 0 aliphatic heterocycles. The van der Waals surface area contributed by atoms with E-state index in [0.717, 1.165) is 23.7 Å². The van der Waals surface area contributed by atoms with Crippen LogP contribution < -0.4 is 0 Å². The minimum atomic E-state index is 0.751. The van der Waals surface area contributed by atoms with Crippen LogP contribution in [0.15, 0.2) is 12.2 Å². The van der Waals surface area contributed by atoms with Gasteiger partial charge in [-0.15, -0.1) is 0 Å². The van der Waals surface area contributed by atoms with Crippen LogP contribution >= 0.6 is 0 Å². The van der Waals surface area contributed by atoms with Gasteiger partial charge in [-0.05, 0) is 42.9 Å². The van der Waals surface area contributed by atoms with Gasteiger partial charge in [-0.1, -0.05) is 66.5 Å². The van der Waals surface area contributed by atoms with Gasteiger partial charge in [0.25, 0.3) is 0 Å². The minimum absolute atomic E-state index is 0.751. The fourth-order valence-corrected chi connectivity index (χ4v) is 2.47. The average Bonchev–Trinajstić information content (AvgIpc) is 2.24. The number of allylic oxidation sites excluding steroid dienone is 2. The number of unbranched alkanes of at least 4 members (excludes halogenated alkanes) is 1. The zero-order chi connectivity index (χ0) is 13.3. The van der Waals surface area contributed by atoms with E-state index >= 15 is 0 Å². The van der Waals surface area contributed by atoms with Crippen molar-refractivity contribution in [2.45, 2.75) is 73.6 Å². The van der Waals surface area contributed by atoms with E-state index in [4.69, 9.17) is 0 Å². The SMILES string of the molecule is CCC(CC(C)C)C(C)C=CCCCC(C)C. The highest BCUT2D eigenvalue weighted by Gasteiger charge is 2.13. The lowest BCUT2D eigenvalue weighted by Crippen LogP contribution is -2.11. The van der Waals surface area contributed by atoms with E-state index < -0.39 is 0 Å². The summed E-state index contributed by atoms with van der Waals surface area (Å²) in [5, 5.41) is 0. The zero-order valence-electron chi connectivity index (χ0n) is 13.0. The second-order valence-electron chi connectivity index (χ2n) is 6.41. The molecule has 0 amide bonds. The van der Waals surface area contributed by atoms with Crippen molar-refractivity contribution >= 4 is 0 Å². The van der Waals surface area contributed by atoms with Crippen LogP contribution in [-0.4, -0.2) is 0 Å². The molecular formula is C17H34. The lowest BCUT2D eigenvalue weighted by Gasteiger charge is -2.21. The molecular weight excluding hydrogens is 204 g/mol. The molecule has 0 aliphatic rings. The maximum Gasteiger partial charge on any atom is -0.0234 e. The first-order chi connectivity index (χ1) is 7.97. The van der Waals surface area contributed by atoms with Gasteiger partial charge in [0.1, 0.15) is 0 Å². The molecule has 2 atom stereocenters. The van der Waals surface area contributed by atoms with Crippen LogP contribution in [0.5, 0.6) is 0 Å². The third kappa shape index (κ3) is 9.44. The van der Waals surface area contributed by atoms with Gasteiger partial charge < -0.3 is 0 Å². The molecule has 0 N–H and O–H groups in total. The van der Waals surface area contributed by atoms with Crippen LogP contribution in [-0.2, 0) is 0 Å². The largest absolute Gasteiger partial charge is 0.0883 e. The smallest absolute Gasteiger partial charge is 0.0234 e. The second kappa shape index (κ2) is 9.74. The highest BCUT2D eigenvalue weighted by atomic mass is 14.2. The summed E-state index contributed by atoms with van der Waals surface area (Å²) in [6.45, 7) is 14.0. The average molecular weight is 238 g/mol. The maximum atomic E-state index is 2.46. The first kappa shape index (κ1) is 16.7. The maximum absolute atomic E-state index is 2.46. The Morgan fingerprint density at radius 1 is 0.941 bits per heavy atom. The molecule has 0 aromatic heterocycles. The van der Waals surface area contributed by atoms with Gasteiger partial charge in [0.2, 0.25) is 0 Å². The van der Waals surface area contributed by atoms with E-state index in [1.165, 1.54) is 32.1 Å². The van der Waals surface area contributed by atoms with E-state index in [9.17, 15) is 0 Å². The van der Waals surface area contributed by atoms with Gasteiger partial charge in [0.15, 0.2) is 0 Å². The number of hydrogen-bond acceptors (Lipinski definition) is 0. The summed E-state index contributed by atoms with van der Waals surface area (Å²) in [5.74, 6) is 3.31. The van der Waals surface area contributed by atoms with Crippen molar-refractivity contribution in [2.75, 3.05) is 0 Å². The molecule has 17 heavy (non-hydrogen) atoms. The quantitative estimate of drug-likeness (QED) is 0.337. The molecule has 0 aromatic rings. The van der Waals surface area contributed by atoms with Crippen molar-refractivity contribution in [1.82, 2.24) is 0 Å². The second-order valence-corrected chi connectivity index (χ2v) is 6.41. The molecule has 0 bridgehead atoms. The van der Waals surface area contributed by atoms with Gasteiger partial charge in [0.05, 0.1) is 0 Å². The third-order valence-electron chi connectivity index (χ3n) is 3.63. The lowest BCUT2D eigenvalue weighted by atomic mass is 9.84. The molecule has 0 saturated heterocycles. The monoisotopic (exact) mass is 238 g/mol. The summed E-state index contributed by atoms with van der Waals surface area (Å²) >= 11 is 0. The molecule has 0 nitrogen and oxygen atoms in total. The van der Waals surface area contributed by atoms with Crippen LogP contribution in [0.3, 0.4) is 0 Å². The first-order valence-corrected chi connectivity index (χ1v) is 7.64. The molecule has 0 aliphatic carbocycles. The van der Waals surface area contributed by atoms with Crippen LogP contribution in [0.2, 0.25) is 0 Å². The highest BCUT2D eigenvalue weighted by Crippen LogP contribution is 2.24. The summed E-state index contributed by atoms with van der Waals surface area (Å²) in [4.78, 5) is 0. The van der Waals surface area contributed by atoms with Crippen molar-refractivity contribution in [3.8, 4) is 0 Å². The van der Waals surface area contributed by atoms with Crippen LogP contribution in [0.4, 0.5) is 0 Å². The standard InChI is InChI=1S/C17H34/c1-7-17(13-15(4)5)16(6)12-10-8-9-11-14(2)3/h10,12,14-17H,7-9,11,13H2,1-6H3. The Bertz CT molecular complexity index is 188. The van der Waals surface area contributed by atoms with Crippen molar-refractivity contribution in [3.05, 3.63) is 12.2 Å². The molecule has 0 fully saturated rings. The van der Waals surface area contributed by atoms with E-state index in [1.54, 1.807) is 0 Å². The predicted molar refractivity (Wildman–Crippen MR) is 80.2 cm³/mol. The van der Waals surface area contributed by atoms with Crippen LogP contribution in [0.25, 0.3) is 0 Å². The summed E-state index contributed by atoms with van der Waals surface area (Å²) in [5.41, 5.74) is 0. The van der Waals surface area contributed by atoms with Crippen LogP contribution in [0, 0.1) is 23.7 Å². The van der Waals surface area contributed by atoms with Crippen molar-refractivity contribution in [2.24, 2.45) is 23.7 Å². The molecule has 2 unspecified atom stereocenters. The van der Waals surface area contributed by atoms with E-state index in [-0.39, 0.29) is 0 Å². The molecule has 102 valence electrons. The molecule has 0 heterocycles. The van der Waals surface area contributed by atoms with Gasteiger partial charge in [-0.25, -0.2) is 0 Å². The van der Waals surface area contributed by atoms with E-state index in [2.05, 4.69) is 53.7 Å². The molecule has 0 saturated carbocycles. The van der Waals surface area contributed by atoms with Gasteiger partial charge in [-0.3, -0.25) is 0 Å². The van der Waals surface area contributed by atoms with Gasteiger partial charge >= 0.3 is 0 Å². The first-order valence-electron chi connectivity index (χ1n) is 7.64. The fourth-order valence-electron chi connectivity index (χ4n) is 2.47. The molecule has 0 aromatic carbocycles. The fraction of sp³-hybridized carbons (Fsp3) is 0.882. The molecule has 0 rings (SSSR count). The molecule has 0 radical (unpaired) electrons. The summed E-state index contributed by atoms with van der Waals surface area (Å²) in [6, 6.07) is 0. The summed E-state index contributed by atoms with van der Waals surface area (Å²) in [7, 11) is 0. The topological polar surface area (TPSA) is 0 Å². The Kier molecular flexibility index (Phi) is 9.59. The Morgan fingerprint density at radius 2 is 1.59 bits per heavy atom. The Labute approximate surface area is 110 Å². The minimum Gasteiger partial charge on any atom is -0.0883 e.